The molecule has 1 aliphatic rings. The summed E-state index contributed by atoms with van der Waals surface area (Å²) < 4.78 is 1.23. The van der Waals surface area contributed by atoms with E-state index in [0.29, 0.717) is 23.2 Å². The van der Waals surface area contributed by atoms with Crippen LogP contribution in [-0.4, -0.2) is 39.7 Å². The van der Waals surface area contributed by atoms with Crippen LogP contribution in [0.15, 0.2) is 33.9 Å². The maximum absolute atomic E-state index is 12.5. The molecule has 0 aliphatic carbocycles. The molecule has 1 aromatic heterocycles. The van der Waals surface area contributed by atoms with Gasteiger partial charge in [-0.05, 0) is 37.8 Å². The molecule has 2 unspecified atom stereocenters. The van der Waals surface area contributed by atoms with Gasteiger partial charge in [-0.1, -0.05) is 12.1 Å². The molecule has 1 saturated heterocycles. The van der Waals surface area contributed by atoms with Crippen molar-refractivity contribution in [2.24, 2.45) is 11.7 Å². The normalized spacial score (nSPS) is 18.4. The maximum atomic E-state index is 12.5. The molecule has 1 aliphatic heterocycles. The molecule has 1 amide bonds. The van der Waals surface area contributed by atoms with Gasteiger partial charge in [-0.25, -0.2) is 4.68 Å². The number of hydrogen-bond donors (Lipinski definition) is 2. The average Bonchev–Trinajstić information content (AvgIpc) is 2.63. The Hall–Kier alpha value is -2.12. The number of aromatic amines is 1. The summed E-state index contributed by atoms with van der Waals surface area (Å²) in [6.07, 6.45) is 2.17. The van der Waals surface area contributed by atoms with Crippen molar-refractivity contribution in [2.45, 2.75) is 38.8 Å². The average molecular weight is 381 g/mol. The molecule has 2 heterocycles. The van der Waals surface area contributed by atoms with E-state index in [1.54, 1.807) is 24.3 Å². The fourth-order valence-electron chi connectivity index (χ4n) is 3.44. The molecular weight excluding hydrogens is 356 g/mol. The largest absolute Gasteiger partial charge is 0.342 e. The van der Waals surface area contributed by atoms with E-state index in [4.69, 9.17) is 5.73 Å². The molecule has 2 aromatic rings. The van der Waals surface area contributed by atoms with E-state index in [2.05, 4.69) is 5.10 Å². The van der Waals surface area contributed by atoms with Gasteiger partial charge in [-0.15, -0.1) is 12.4 Å². The first kappa shape index (κ1) is 20.2. The van der Waals surface area contributed by atoms with E-state index in [1.807, 2.05) is 11.8 Å². The predicted octanol–water partition coefficient (Wildman–Crippen LogP) is 1.09. The van der Waals surface area contributed by atoms with Crippen molar-refractivity contribution in [1.82, 2.24) is 14.7 Å². The van der Waals surface area contributed by atoms with Crippen molar-refractivity contribution in [3.05, 3.63) is 45.0 Å². The molecule has 3 rings (SSSR count). The number of amides is 1. The van der Waals surface area contributed by atoms with Crippen molar-refractivity contribution < 1.29 is 4.79 Å². The van der Waals surface area contributed by atoms with E-state index in [-0.39, 0.29) is 48.4 Å². The molecule has 2 atom stereocenters. The van der Waals surface area contributed by atoms with Crippen molar-refractivity contribution >= 4 is 29.1 Å². The first-order chi connectivity index (χ1) is 12.0. The van der Waals surface area contributed by atoms with E-state index in [0.717, 1.165) is 19.4 Å². The molecule has 0 spiro atoms. The molecule has 1 aromatic carbocycles. The van der Waals surface area contributed by atoms with Crippen LogP contribution in [0.2, 0.25) is 0 Å². The number of halogens is 1. The van der Waals surface area contributed by atoms with Crippen LogP contribution >= 0.6 is 12.4 Å². The van der Waals surface area contributed by atoms with Gasteiger partial charge in [0.2, 0.25) is 5.91 Å². The second-order valence-corrected chi connectivity index (χ2v) is 6.79. The first-order valence-electron chi connectivity index (χ1n) is 8.72. The number of nitrogens with zero attached hydrogens (tertiary/aromatic N) is 2. The van der Waals surface area contributed by atoms with Crippen molar-refractivity contribution in [2.75, 3.05) is 13.1 Å². The molecule has 0 saturated carbocycles. The lowest BCUT2D eigenvalue weighted by Gasteiger charge is -2.34. The quantitative estimate of drug-likeness (QED) is 0.828. The molecule has 3 N–H and O–H groups in total. The second-order valence-electron chi connectivity index (χ2n) is 6.79. The van der Waals surface area contributed by atoms with E-state index < -0.39 is 0 Å². The zero-order valence-corrected chi connectivity index (χ0v) is 15.6. The Morgan fingerprint density at radius 2 is 2.00 bits per heavy atom. The highest BCUT2D eigenvalue weighted by atomic mass is 35.5. The van der Waals surface area contributed by atoms with Gasteiger partial charge in [-0.3, -0.25) is 19.5 Å². The summed E-state index contributed by atoms with van der Waals surface area (Å²) >= 11 is 0. The summed E-state index contributed by atoms with van der Waals surface area (Å²) in [7, 11) is 0. The lowest BCUT2D eigenvalue weighted by Crippen LogP contribution is -2.45. The van der Waals surface area contributed by atoms with Gasteiger partial charge in [0.15, 0.2) is 0 Å². The van der Waals surface area contributed by atoms with Crippen molar-refractivity contribution in [1.29, 1.82) is 0 Å². The number of likely N-dealkylation sites (tertiary alicyclic amines) is 1. The molecule has 0 radical (unpaired) electrons. The van der Waals surface area contributed by atoms with Gasteiger partial charge >= 0.3 is 0 Å². The van der Waals surface area contributed by atoms with Gasteiger partial charge in [0.25, 0.3) is 11.1 Å². The van der Waals surface area contributed by atoms with Gasteiger partial charge < -0.3 is 10.6 Å². The number of H-pyrrole nitrogens is 1. The van der Waals surface area contributed by atoms with E-state index in [1.165, 1.54) is 4.68 Å². The number of aromatic nitrogens is 2. The Labute approximate surface area is 157 Å². The molecule has 26 heavy (non-hydrogen) atoms. The van der Waals surface area contributed by atoms with Crippen LogP contribution < -0.4 is 16.9 Å². The Balaban J connectivity index is 0.00000243. The Kier molecular flexibility index (Phi) is 6.61. The number of carbonyl (C=O) groups excluding carboxylic acids is 1. The topological polar surface area (TPSA) is 101 Å². The van der Waals surface area contributed by atoms with Gasteiger partial charge in [0, 0.05) is 25.6 Å². The Morgan fingerprint density at radius 3 is 2.69 bits per heavy atom. The summed E-state index contributed by atoms with van der Waals surface area (Å²) in [5.74, 6) is 0.312. The highest BCUT2D eigenvalue weighted by molar-refractivity contribution is 5.85. The van der Waals surface area contributed by atoms with Crippen molar-refractivity contribution in [3.63, 3.8) is 0 Å². The zero-order chi connectivity index (χ0) is 18.0. The van der Waals surface area contributed by atoms with E-state index >= 15 is 0 Å². The van der Waals surface area contributed by atoms with Crippen LogP contribution in [0.3, 0.4) is 0 Å². The highest BCUT2D eigenvalue weighted by Crippen LogP contribution is 2.19. The van der Waals surface area contributed by atoms with Crippen LogP contribution in [0.5, 0.6) is 0 Å². The van der Waals surface area contributed by atoms with Gasteiger partial charge in [0.05, 0.1) is 17.3 Å². The van der Waals surface area contributed by atoms with Crippen LogP contribution in [-0.2, 0) is 11.3 Å². The lowest BCUT2D eigenvalue weighted by molar-refractivity contribution is -0.133. The molecule has 142 valence electrons. The van der Waals surface area contributed by atoms with Crippen LogP contribution in [0.4, 0.5) is 0 Å². The molecule has 0 bridgehead atoms. The monoisotopic (exact) mass is 380 g/mol. The number of fused-ring (bicyclic) bond motifs is 1. The summed E-state index contributed by atoms with van der Waals surface area (Å²) in [6.45, 7) is 3.53. The molecule has 7 nitrogen and oxygen atoms in total. The Bertz CT molecular complexity index is 890. The summed E-state index contributed by atoms with van der Waals surface area (Å²) in [6, 6.07) is 6.75. The number of nitrogens with two attached hydrogens (primary N) is 1. The number of nitrogens with one attached hydrogen (secondary N) is 1. The first-order valence-corrected chi connectivity index (χ1v) is 8.72. The standard InChI is InChI=1S/C18H24N4O3.ClH/c1-12(19)13-5-4-9-21(11-13)16(23)8-10-22-18(25)15-7-3-2-6-14(15)17(24)20-22;/h2-3,6-7,12-13H,4-5,8-11,19H2,1H3,(H,20,24);1H. The Morgan fingerprint density at radius 1 is 1.31 bits per heavy atom. The van der Waals surface area contributed by atoms with Crippen LogP contribution in [0.1, 0.15) is 26.2 Å². The van der Waals surface area contributed by atoms with E-state index in [9.17, 15) is 14.4 Å². The minimum absolute atomic E-state index is 0. The van der Waals surface area contributed by atoms with Gasteiger partial charge in [0.1, 0.15) is 0 Å². The SMILES string of the molecule is CC(N)C1CCCN(C(=O)CCn2[nH]c(=O)c3ccccc3c2=O)C1.Cl. The minimum Gasteiger partial charge on any atom is -0.342 e. The van der Waals surface area contributed by atoms with Gasteiger partial charge in [-0.2, -0.15) is 0 Å². The third-order valence-electron chi connectivity index (χ3n) is 4.99. The zero-order valence-electron chi connectivity index (χ0n) is 14.8. The minimum atomic E-state index is -0.322. The second kappa shape index (κ2) is 8.51. The fraction of sp³-hybridized carbons (Fsp3) is 0.500. The summed E-state index contributed by atoms with van der Waals surface area (Å²) in [5.41, 5.74) is 5.36. The number of rotatable bonds is 4. The fourth-order valence-corrected chi connectivity index (χ4v) is 3.44. The van der Waals surface area contributed by atoms with Crippen LogP contribution in [0.25, 0.3) is 10.8 Å². The number of aryl methyl sites for hydroxylation is 1. The highest BCUT2D eigenvalue weighted by Gasteiger charge is 2.25. The molecule has 1 fully saturated rings. The van der Waals surface area contributed by atoms with Crippen molar-refractivity contribution in [3.8, 4) is 0 Å². The van der Waals surface area contributed by atoms with Crippen LogP contribution in [0, 0.1) is 5.92 Å². The number of piperidine rings is 1. The smallest absolute Gasteiger partial charge is 0.273 e. The summed E-state index contributed by atoms with van der Waals surface area (Å²) in [4.78, 5) is 38.9. The molecule has 8 heteroatoms. The summed E-state index contributed by atoms with van der Waals surface area (Å²) in [5, 5.41) is 3.30. The third-order valence-corrected chi connectivity index (χ3v) is 4.99. The third kappa shape index (κ3) is 4.16. The number of benzene rings is 1. The number of carbonyl (C=O) groups is 1. The lowest BCUT2D eigenvalue weighted by atomic mass is 9.92. The number of hydrogen-bond acceptors (Lipinski definition) is 4. The predicted molar refractivity (Wildman–Crippen MR) is 104 cm³/mol. The molecular formula is C18H25ClN4O3. The maximum Gasteiger partial charge on any atom is 0.273 e.